The van der Waals surface area contributed by atoms with Gasteiger partial charge in [0, 0.05) is 6.04 Å². The summed E-state index contributed by atoms with van der Waals surface area (Å²) in [6, 6.07) is 0.347. The van der Waals surface area contributed by atoms with Crippen LogP contribution in [0.15, 0.2) is 12.7 Å². The minimum atomic E-state index is -0.0365. The lowest BCUT2D eigenvalue weighted by Crippen LogP contribution is -2.45. The normalized spacial score (nSPS) is 33.8. The molecule has 0 heterocycles. The second-order valence-electron chi connectivity index (χ2n) is 4.12. The fourth-order valence-electron chi connectivity index (χ4n) is 2.19. The zero-order chi connectivity index (χ0) is 9.84. The van der Waals surface area contributed by atoms with Crippen molar-refractivity contribution in [2.45, 2.75) is 39.2 Å². The second-order valence-corrected chi connectivity index (χ2v) is 4.12. The molecule has 2 heteroatoms. The van der Waals surface area contributed by atoms with Gasteiger partial charge in [-0.15, -0.1) is 0 Å². The van der Waals surface area contributed by atoms with Gasteiger partial charge in [0.2, 0.25) is 5.91 Å². The molecular weight excluding hydrogens is 162 g/mol. The Morgan fingerprint density at radius 1 is 1.38 bits per heavy atom. The van der Waals surface area contributed by atoms with E-state index in [0.717, 1.165) is 0 Å². The van der Waals surface area contributed by atoms with E-state index in [2.05, 4.69) is 25.7 Å². The lowest BCUT2D eigenvalue weighted by molar-refractivity contribution is -0.118. The molecule has 0 aromatic carbocycles. The van der Waals surface area contributed by atoms with Crippen LogP contribution in [0.4, 0.5) is 0 Å². The van der Waals surface area contributed by atoms with Gasteiger partial charge in [-0.2, -0.15) is 0 Å². The van der Waals surface area contributed by atoms with Crippen LogP contribution in [0, 0.1) is 11.8 Å². The maximum absolute atomic E-state index is 11.1. The molecule has 13 heavy (non-hydrogen) atoms. The van der Waals surface area contributed by atoms with Crippen molar-refractivity contribution in [3.8, 4) is 0 Å². The zero-order valence-electron chi connectivity index (χ0n) is 8.55. The summed E-state index contributed by atoms with van der Waals surface area (Å²) in [5.41, 5.74) is 0. The van der Waals surface area contributed by atoms with Crippen molar-refractivity contribution in [1.82, 2.24) is 5.32 Å². The summed E-state index contributed by atoms with van der Waals surface area (Å²) < 4.78 is 0. The number of hydrogen-bond donors (Lipinski definition) is 1. The minimum absolute atomic E-state index is 0.0365. The third-order valence-corrected chi connectivity index (χ3v) is 3.04. The quantitative estimate of drug-likeness (QED) is 0.649. The van der Waals surface area contributed by atoms with E-state index in [0.29, 0.717) is 17.9 Å². The van der Waals surface area contributed by atoms with E-state index in [4.69, 9.17) is 0 Å². The van der Waals surface area contributed by atoms with Crippen LogP contribution in [0.1, 0.15) is 33.1 Å². The molecule has 1 fully saturated rings. The lowest BCUT2D eigenvalue weighted by atomic mass is 9.79. The predicted octanol–water partition coefficient (Wildman–Crippen LogP) is 2.11. The molecule has 1 amide bonds. The number of nitrogens with one attached hydrogen (secondary N) is 1. The van der Waals surface area contributed by atoms with Gasteiger partial charge >= 0.3 is 0 Å². The van der Waals surface area contributed by atoms with Gasteiger partial charge < -0.3 is 5.32 Å². The van der Waals surface area contributed by atoms with Crippen molar-refractivity contribution in [2.24, 2.45) is 11.8 Å². The Morgan fingerprint density at radius 3 is 2.38 bits per heavy atom. The zero-order valence-corrected chi connectivity index (χ0v) is 8.55. The van der Waals surface area contributed by atoms with Crippen molar-refractivity contribution in [1.29, 1.82) is 0 Å². The molecule has 1 rings (SSSR count). The minimum Gasteiger partial charge on any atom is -0.349 e. The number of rotatable bonds is 2. The summed E-state index contributed by atoms with van der Waals surface area (Å²) in [6.07, 6.45) is 5.11. The molecule has 0 bridgehead atoms. The molecule has 1 aliphatic carbocycles. The van der Waals surface area contributed by atoms with Gasteiger partial charge in [-0.25, -0.2) is 0 Å². The largest absolute Gasteiger partial charge is 0.349 e. The molecule has 2 nitrogen and oxygen atoms in total. The van der Waals surface area contributed by atoms with E-state index < -0.39 is 0 Å². The van der Waals surface area contributed by atoms with Gasteiger partial charge in [-0.1, -0.05) is 26.8 Å². The van der Waals surface area contributed by atoms with Gasteiger partial charge in [0.1, 0.15) is 0 Å². The fraction of sp³-hybridized carbons (Fsp3) is 0.727. The number of amides is 1. The summed E-state index contributed by atoms with van der Waals surface area (Å²) in [5, 5.41) is 3.01. The van der Waals surface area contributed by atoms with Crippen molar-refractivity contribution in [3.63, 3.8) is 0 Å². The average Bonchev–Trinajstić information content (AvgIpc) is 2.11. The van der Waals surface area contributed by atoms with Crippen LogP contribution in [0.2, 0.25) is 0 Å². The van der Waals surface area contributed by atoms with E-state index in [1.54, 1.807) is 0 Å². The summed E-state index contributed by atoms with van der Waals surface area (Å²) in [4.78, 5) is 11.1. The third kappa shape index (κ3) is 2.58. The van der Waals surface area contributed by atoms with Crippen molar-refractivity contribution < 1.29 is 4.79 Å². The van der Waals surface area contributed by atoms with E-state index in [9.17, 15) is 4.79 Å². The van der Waals surface area contributed by atoms with Crippen molar-refractivity contribution in [3.05, 3.63) is 12.7 Å². The van der Waals surface area contributed by atoms with Crippen LogP contribution >= 0.6 is 0 Å². The summed E-state index contributed by atoms with van der Waals surface area (Å²) in [5.74, 6) is 1.17. The highest BCUT2D eigenvalue weighted by molar-refractivity contribution is 5.87. The topological polar surface area (TPSA) is 29.1 Å². The molecule has 1 aliphatic rings. The number of hydrogen-bond acceptors (Lipinski definition) is 1. The molecule has 0 saturated heterocycles. The predicted molar refractivity (Wildman–Crippen MR) is 54.3 cm³/mol. The first kappa shape index (κ1) is 10.3. The Kier molecular flexibility index (Phi) is 3.52. The van der Waals surface area contributed by atoms with Crippen molar-refractivity contribution >= 4 is 5.91 Å². The molecule has 0 aromatic rings. The van der Waals surface area contributed by atoms with Crippen LogP contribution in [0.3, 0.4) is 0 Å². The lowest BCUT2D eigenvalue weighted by Gasteiger charge is -2.34. The Hall–Kier alpha value is -0.790. The van der Waals surface area contributed by atoms with Gasteiger partial charge in [0.15, 0.2) is 0 Å². The Balaban J connectivity index is 2.53. The first-order chi connectivity index (χ1) is 6.15. The van der Waals surface area contributed by atoms with E-state index in [1.807, 2.05) is 0 Å². The Morgan fingerprint density at radius 2 is 1.92 bits per heavy atom. The van der Waals surface area contributed by atoms with E-state index in [1.165, 1.54) is 25.3 Å². The number of carbonyl (C=O) groups is 1. The summed E-state index contributed by atoms with van der Waals surface area (Å²) in [6.45, 7) is 7.89. The number of carbonyl (C=O) groups excluding carboxylic acids is 1. The van der Waals surface area contributed by atoms with E-state index in [-0.39, 0.29) is 5.91 Å². The molecule has 1 saturated carbocycles. The highest BCUT2D eigenvalue weighted by atomic mass is 16.1. The van der Waals surface area contributed by atoms with Crippen molar-refractivity contribution in [2.75, 3.05) is 0 Å². The van der Waals surface area contributed by atoms with Gasteiger partial charge in [0.05, 0.1) is 0 Å². The molecule has 2 atom stereocenters. The second kappa shape index (κ2) is 4.45. The smallest absolute Gasteiger partial charge is 0.243 e. The monoisotopic (exact) mass is 181 g/mol. The van der Waals surface area contributed by atoms with Crippen LogP contribution in [0.5, 0.6) is 0 Å². The average molecular weight is 181 g/mol. The van der Waals surface area contributed by atoms with Gasteiger partial charge in [-0.3, -0.25) is 4.79 Å². The molecule has 0 spiro atoms. The maximum atomic E-state index is 11.1. The van der Waals surface area contributed by atoms with Gasteiger partial charge in [-0.05, 0) is 30.8 Å². The Bertz CT molecular complexity index is 190. The molecule has 74 valence electrons. The fourth-order valence-corrected chi connectivity index (χ4v) is 2.19. The summed E-state index contributed by atoms with van der Waals surface area (Å²) in [7, 11) is 0. The molecule has 0 aromatic heterocycles. The van der Waals surface area contributed by atoms with Crippen LogP contribution < -0.4 is 5.32 Å². The first-order valence-electron chi connectivity index (χ1n) is 5.08. The molecule has 0 radical (unpaired) electrons. The first-order valence-corrected chi connectivity index (χ1v) is 5.08. The SMILES string of the molecule is C=CC(=O)NC1C(C)CCCC1C. The maximum Gasteiger partial charge on any atom is 0.243 e. The molecular formula is C11H19NO. The van der Waals surface area contributed by atoms with E-state index >= 15 is 0 Å². The van der Waals surface area contributed by atoms with Crippen LogP contribution in [0.25, 0.3) is 0 Å². The highest BCUT2D eigenvalue weighted by Crippen LogP contribution is 2.28. The Labute approximate surface area is 80.4 Å². The standard InChI is InChI=1S/C11H19NO/c1-4-10(13)12-11-8(2)6-5-7-9(11)3/h4,8-9,11H,1,5-7H2,2-3H3,(H,12,13). The third-order valence-electron chi connectivity index (χ3n) is 3.04. The molecule has 0 aliphatic heterocycles. The molecule has 1 N–H and O–H groups in total. The highest BCUT2D eigenvalue weighted by Gasteiger charge is 2.28. The van der Waals surface area contributed by atoms with Crippen LogP contribution in [-0.2, 0) is 4.79 Å². The van der Waals surface area contributed by atoms with Gasteiger partial charge in [0.25, 0.3) is 0 Å². The van der Waals surface area contributed by atoms with Crippen LogP contribution in [-0.4, -0.2) is 11.9 Å². The summed E-state index contributed by atoms with van der Waals surface area (Å²) >= 11 is 0. The molecule has 2 unspecified atom stereocenters.